The molecular weight excluding hydrogens is 532 g/mol. The average Bonchev–Trinajstić information content (AvgIpc) is 3.36. The van der Waals surface area contributed by atoms with Gasteiger partial charge in [0.2, 0.25) is 0 Å². The molecule has 0 aromatic heterocycles. The van der Waals surface area contributed by atoms with Crippen LogP contribution in [0.1, 0.15) is 143 Å². The highest BCUT2D eigenvalue weighted by atomic mass is 16.5. The molecule has 5 heteroatoms. The zero-order valence-corrected chi connectivity index (χ0v) is 29.0. The average molecular weight is 605 g/mol. The van der Waals surface area contributed by atoms with Crippen LogP contribution >= 0.6 is 0 Å². The van der Waals surface area contributed by atoms with Gasteiger partial charge in [-0.15, -0.1) is 0 Å². The van der Waals surface area contributed by atoms with E-state index in [0.29, 0.717) is 34.9 Å². The van der Waals surface area contributed by atoms with Crippen LogP contribution in [0.15, 0.2) is 0 Å². The highest BCUT2D eigenvalue weighted by molar-refractivity contribution is 5.12. The Bertz CT molecular complexity index is 780. The van der Waals surface area contributed by atoms with E-state index in [4.69, 9.17) is 25.7 Å². The second kappa shape index (κ2) is 17.6. The maximum Gasteiger partial charge on any atom is 0.0611 e. The zero-order chi connectivity index (χ0) is 30.7. The van der Waals surface area contributed by atoms with E-state index in [1.807, 2.05) is 0 Å². The van der Waals surface area contributed by atoms with Gasteiger partial charge in [-0.3, -0.25) is 0 Å². The van der Waals surface area contributed by atoms with Gasteiger partial charge in [-0.05, 0) is 143 Å². The molecule has 4 aliphatic rings. The minimum Gasteiger partial charge on any atom is -0.381 e. The van der Waals surface area contributed by atoms with E-state index >= 15 is 0 Å². The van der Waals surface area contributed by atoms with E-state index in [2.05, 4.69) is 27.7 Å². The molecule has 0 amide bonds. The second-order valence-electron chi connectivity index (χ2n) is 15.9. The van der Waals surface area contributed by atoms with Crippen molar-refractivity contribution in [2.75, 3.05) is 39.5 Å². The molecule has 0 aromatic carbocycles. The molecule has 0 saturated heterocycles. The van der Waals surface area contributed by atoms with Gasteiger partial charge < -0.3 is 25.7 Å². The number of hydrogen-bond donors (Lipinski definition) is 2. The third-order valence-electron chi connectivity index (χ3n) is 13.3. The summed E-state index contributed by atoms with van der Waals surface area (Å²) in [4.78, 5) is 0. The highest BCUT2D eigenvalue weighted by Gasteiger charge is 2.63. The first-order valence-corrected chi connectivity index (χ1v) is 19.1. The van der Waals surface area contributed by atoms with Crippen molar-refractivity contribution >= 4 is 0 Å². The van der Waals surface area contributed by atoms with Gasteiger partial charge in [0.1, 0.15) is 0 Å². The van der Waals surface area contributed by atoms with Gasteiger partial charge >= 0.3 is 0 Å². The van der Waals surface area contributed by atoms with Gasteiger partial charge in [-0.1, -0.05) is 59.8 Å². The third-order valence-corrected chi connectivity index (χ3v) is 13.3. The molecule has 0 bridgehead atoms. The van der Waals surface area contributed by atoms with Crippen LogP contribution in [-0.4, -0.2) is 51.7 Å². The Morgan fingerprint density at radius 3 is 2.14 bits per heavy atom. The van der Waals surface area contributed by atoms with Gasteiger partial charge in [0.25, 0.3) is 0 Å². The maximum atomic E-state index is 6.85. The van der Waals surface area contributed by atoms with Crippen LogP contribution in [0.4, 0.5) is 0 Å². The molecule has 4 rings (SSSR count). The van der Waals surface area contributed by atoms with Crippen molar-refractivity contribution in [2.24, 2.45) is 57.8 Å². The number of nitrogens with two attached hydrogens (primary N) is 2. The smallest absolute Gasteiger partial charge is 0.0611 e. The summed E-state index contributed by atoms with van der Waals surface area (Å²) in [6, 6.07) is 0. The normalized spacial score (nSPS) is 38.0. The van der Waals surface area contributed by atoms with E-state index in [1.165, 1.54) is 103 Å². The summed E-state index contributed by atoms with van der Waals surface area (Å²) in [6.45, 7) is 15.2. The van der Waals surface area contributed by atoms with Crippen molar-refractivity contribution < 1.29 is 14.2 Å². The van der Waals surface area contributed by atoms with Crippen LogP contribution < -0.4 is 11.5 Å². The number of hydrogen-bond acceptors (Lipinski definition) is 5. The molecule has 4 fully saturated rings. The molecule has 4 aliphatic carbocycles. The van der Waals surface area contributed by atoms with Gasteiger partial charge in [-0.25, -0.2) is 0 Å². The van der Waals surface area contributed by atoms with Crippen LogP contribution in [0, 0.1) is 46.3 Å². The predicted molar refractivity (Wildman–Crippen MR) is 180 cm³/mol. The largest absolute Gasteiger partial charge is 0.381 e. The van der Waals surface area contributed by atoms with Crippen molar-refractivity contribution in [3.8, 4) is 0 Å². The Hall–Kier alpha value is -0.200. The van der Waals surface area contributed by atoms with Gasteiger partial charge in [0.15, 0.2) is 0 Å². The van der Waals surface area contributed by atoms with E-state index in [0.717, 1.165) is 76.0 Å². The SMILES string of the molecule is CCCCCCCCOCCCC(C)C1CC[C@H]2C3C(CCC12C)C1(C)CCC(OCCCN)CC1C[C@H]3OCCCN. The first-order valence-electron chi connectivity index (χ1n) is 19.1. The quantitative estimate of drug-likeness (QED) is 0.136. The third kappa shape index (κ3) is 8.79. The van der Waals surface area contributed by atoms with Crippen molar-refractivity contribution in [3.63, 3.8) is 0 Å². The van der Waals surface area contributed by atoms with Gasteiger partial charge in [0, 0.05) is 26.4 Å². The number of ether oxygens (including phenoxy) is 3. The van der Waals surface area contributed by atoms with E-state index in [1.54, 1.807) is 0 Å². The summed E-state index contributed by atoms with van der Waals surface area (Å²) >= 11 is 0. The lowest BCUT2D eigenvalue weighted by Crippen LogP contribution is -2.59. The molecule has 0 aromatic rings. The van der Waals surface area contributed by atoms with E-state index in [-0.39, 0.29) is 0 Å². The molecule has 5 nitrogen and oxygen atoms in total. The summed E-state index contributed by atoms with van der Waals surface area (Å²) in [6.07, 6.45) is 23.9. The van der Waals surface area contributed by atoms with Crippen molar-refractivity contribution in [1.82, 2.24) is 0 Å². The lowest BCUT2D eigenvalue weighted by atomic mass is 9.43. The fourth-order valence-corrected chi connectivity index (χ4v) is 10.9. The molecule has 0 radical (unpaired) electrons. The number of fused-ring (bicyclic) bond motifs is 5. The Kier molecular flexibility index (Phi) is 14.6. The Morgan fingerprint density at radius 1 is 0.698 bits per heavy atom. The molecular formula is C38H72N2O3. The Labute approximate surface area is 266 Å². The highest BCUT2D eigenvalue weighted by Crippen LogP contribution is 2.68. The lowest BCUT2D eigenvalue weighted by molar-refractivity contribution is -0.191. The molecule has 43 heavy (non-hydrogen) atoms. The predicted octanol–water partition coefficient (Wildman–Crippen LogP) is 8.52. The summed E-state index contributed by atoms with van der Waals surface area (Å²) in [5, 5.41) is 0. The minimum atomic E-state index is 0.395. The molecule has 10 atom stereocenters. The summed E-state index contributed by atoms with van der Waals surface area (Å²) < 4.78 is 19.3. The maximum absolute atomic E-state index is 6.85. The van der Waals surface area contributed by atoms with Crippen LogP contribution in [0.2, 0.25) is 0 Å². The monoisotopic (exact) mass is 605 g/mol. The molecule has 0 aliphatic heterocycles. The van der Waals surface area contributed by atoms with Crippen LogP contribution in [0.5, 0.6) is 0 Å². The molecule has 8 unspecified atom stereocenters. The number of rotatable bonds is 20. The second-order valence-corrected chi connectivity index (χ2v) is 15.9. The lowest BCUT2D eigenvalue weighted by Gasteiger charge is -2.63. The Morgan fingerprint density at radius 2 is 1.37 bits per heavy atom. The van der Waals surface area contributed by atoms with Crippen molar-refractivity contribution in [2.45, 2.75) is 155 Å². The van der Waals surface area contributed by atoms with E-state index in [9.17, 15) is 0 Å². The molecule has 252 valence electrons. The van der Waals surface area contributed by atoms with Gasteiger partial charge in [0.05, 0.1) is 12.2 Å². The van der Waals surface area contributed by atoms with Crippen LogP contribution in [-0.2, 0) is 14.2 Å². The molecule has 4 saturated carbocycles. The van der Waals surface area contributed by atoms with E-state index < -0.39 is 0 Å². The fourth-order valence-electron chi connectivity index (χ4n) is 10.9. The minimum absolute atomic E-state index is 0.395. The van der Waals surface area contributed by atoms with Crippen LogP contribution in [0.25, 0.3) is 0 Å². The first-order chi connectivity index (χ1) is 20.9. The van der Waals surface area contributed by atoms with Crippen molar-refractivity contribution in [3.05, 3.63) is 0 Å². The number of unbranched alkanes of at least 4 members (excludes halogenated alkanes) is 5. The summed E-state index contributed by atoms with van der Waals surface area (Å²) in [5.41, 5.74) is 12.6. The summed E-state index contributed by atoms with van der Waals surface area (Å²) in [7, 11) is 0. The molecule has 4 N–H and O–H groups in total. The van der Waals surface area contributed by atoms with Crippen molar-refractivity contribution in [1.29, 1.82) is 0 Å². The van der Waals surface area contributed by atoms with Gasteiger partial charge in [-0.2, -0.15) is 0 Å². The standard InChI is InChI=1S/C38H72N2O3/c1-5-6-7-8-9-10-23-41-24-11-14-29(2)32-15-16-33-36-34(18-20-38(32,33)4)37(3)19-17-31(42-25-12-21-39)27-30(37)28-35(36)43-26-13-22-40/h29-36H,5-28,39-40H2,1-4H3/t29?,30?,31?,32?,33-,34?,35+,36?,37?,38?/m0/s1. The summed E-state index contributed by atoms with van der Waals surface area (Å²) in [5.74, 6) is 4.66. The molecule has 0 spiro atoms. The topological polar surface area (TPSA) is 79.7 Å². The van der Waals surface area contributed by atoms with Crippen LogP contribution in [0.3, 0.4) is 0 Å². The Balaban J connectivity index is 1.34. The molecule has 0 heterocycles. The first kappa shape index (κ1) is 35.7. The fraction of sp³-hybridized carbons (Fsp3) is 1.00. The zero-order valence-electron chi connectivity index (χ0n) is 29.0.